The number of hydrogen-bond acceptors (Lipinski definition) is 11. The van der Waals surface area contributed by atoms with Gasteiger partial charge in [0.1, 0.15) is 30.4 Å². The molecule has 6 N–H and O–H groups in total. The average molecular weight is 1580 g/mol. The third kappa shape index (κ3) is 17.6. The molecule has 29 heteroatoms. The fourth-order valence-electron chi connectivity index (χ4n) is 14.5. The summed E-state index contributed by atoms with van der Waals surface area (Å²) in [5, 5.41) is 10.1. The molecule has 2 aliphatic heterocycles. The smallest absolute Gasteiger partial charge is 0.416 e. The molecule has 15 aromatic rings. The van der Waals surface area contributed by atoms with Crippen LogP contribution in [-0.4, -0.2) is 112 Å². The standard InChI is InChI=1S/C31H29ClFN5O3.C31H28F3N5O3.C24H20FN5O2/c32-25-7-4-8-26-28(25)35-30(34-26)38-29(39)24(14-11-20-9-12-23(33)13-10-20)27(36-38)22-15-17-37(18-16-22)31(40)41-19-21-5-2-1-3-6-21;32-31(33,34)23-12-10-22(11-13-23)27-24(28(40)39(37-27)29-35-25-8-4-5-9-26(25)36-29)18-20-14-16-38(17-15-20)30(41)42-19-21-6-2-1-3-7-21;1-29-13-12-16(14-21(29)31)22-18(11-8-15-6-9-17(25)10-7-15)23(32)30(28-22)24-26-19-4-2-3-5-20(19)27-24/h1-10,12-13,22,36H,11,14-19H2,(H,34,35);1-13,20,37H,14-19H2,(H,35,36);2-7,9-10,12-14,28H,8,11H2,1H3,(H,26,27). The summed E-state index contributed by atoms with van der Waals surface area (Å²) in [5.41, 5.74) is 10.9. The van der Waals surface area contributed by atoms with E-state index in [4.69, 9.17) is 21.1 Å². The van der Waals surface area contributed by atoms with Gasteiger partial charge in [-0.15, -0.1) is 0 Å². The largest absolute Gasteiger partial charge is 0.445 e. The van der Waals surface area contributed by atoms with Crippen molar-refractivity contribution in [1.29, 1.82) is 0 Å². The Morgan fingerprint density at radius 2 is 0.939 bits per heavy atom. The van der Waals surface area contributed by atoms with Crippen LogP contribution >= 0.6 is 11.6 Å². The predicted octanol–water partition coefficient (Wildman–Crippen LogP) is 15.8. The van der Waals surface area contributed by atoms with Crippen LogP contribution in [0.25, 0.3) is 73.5 Å². The van der Waals surface area contributed by atoms with Gasteiger partial charge in [0.25, 0.3) is 22.2 Å². The summed E-state index contributed by atoms with van der Waals surface area (Å²) in [5.74, 6) is 0.544. The first kappa shape index (κ1) is 77.0. The molecule has 9 heterocycles. The molecule has 2 saturated heterocycles. The number of likely N-dealkylation sites (tertiary alicyclic amines) is 2. The van der Waals surface area contributed by atoms with E-state index in [1.54, 1.807) is 59.4 Å². The number of nitrogens with zero attached hydrogens (tertiary/aromatic N) is 9. The number of H-pyrrole nitrogens is 6. The predicted molar refractivity (Wildman–Crippen MR) is 427 cm³/mol. The van der Waals surface area contributed by atoms with E-state index in [1.165, 1.54) is 61.1 Å². The fraction of sp³-hybridized carbons (Fsp3) is 0.221. The summed E-state index contributed by atoms with van der Waals surface area (Å²) in [7, 11) is 1.67. The zero-order valence-electron chi connectivity index (χ0n) is 62.1. The number of aromatic amines is 6. The normalized spacial score (nSPS) is 13.4. The van der Waals surface area contributed by atoms with Gasteiger partial charge < -0.3 is 38.8 Å². The number of piperidine rings is 2. The maximum atomic E-state index is 13.8. The van der Waals surface area contributed by atoms with Gasteiger partial charge >= 0.3 is 18.4 Å². The zero-order valence-corrected chi connectivity index (χ0v) is 62.9. The molecule has 7 aromatic heterocycles. The van der Waals surface area contributed by atoms with Gasteiger partial charge in [0, 0.05) is 79.4 Å². The van der Waals surface area contributed by atoms with Crippen LogP contribution in [0.15, 0.2) is 238 Å². The van der Waals surface area contributed by atoms with Crippen LogP contribution in [0.4, 0.5) is 31.5 Å². The molecule has 0 unspecified atom stereocenters. The van der Waals surface area contributed by atoms with Gasteiger partial charge in [-0.1, -0.05) is 139 Å². The molecular formula is C86H77ClF5N15O8. The second-order valence-corrected chi connectivity index (χ2v) is 28.8. The molecule has 23 nitrogen and oxygen atoms in total. The Morgan fingerprint density at radius 3 is 1.46 bits per heavy atom. The van der Waals surface area contributed by atoms with Gasteiger partial charge in [0.2, 0.25) is 17.8 Å². The van der Waals surface area contributed by atoms with Crippen LogP contribution in [0, 0.1) is 17.6 Å². The van der Waals surface area contributed by atoms with Gasteiger partial charge in [0.15, 0.2) is 0 Å². The lowest BCUT2D eigenvalue weighted by Gasteiger charge is -2.31. The van der Waals surface area contributed by atoms with Crippen molar-refractivity contribution in [3.05, 3.63) is 327 Å². The minimum absolute atomic E-state index is 0.0401. The number of alkyl halides is 3. The maximum absolute atomic E-state index is 13.8. The van der Waals surface area contributed by atoms with Crippen LogP contribution in [0.3, 0.4) is 0 Å². The number of carbonyl (C=O) groups excluding carboxylic acids is 2. The monoisotopic (exact) mass is 1580 g/mol. The minimum atomic E-state index is -4.47. The Labute approximate surface area is 657 Å². The lowest BCUT2D eigenvalue weighted by molar-refractivity contribution is -0.137. The third-order valence-electron chi connectivity index (χ3n) is 20.8. The maximum Gasteiger partial charge on any atom is 0.416 e. The SMILES string of the molecule is Cn1ccc(-c2[nH]n(-c3nc4ccccc4[nH]3)c(=O)c2CCc2ccc(F)cc2)cc1=O.O=C(OCc1ccccc1)N1CCC(Cc2c(-c3ccc(C(F)(F)F)cc3)[nH]n(-c3nc4ccccc4[nH]3)c2=O)CC1.O=C(OCc1ccccc1)N1CCC(c2[nH]n(-c3nc4c(Cl)cccc4[nH]3)c(=O)c2CCc2ccc(F)cc2)CC1. The summed E-state index contributed by atoms with van der Waals surface area (Å²) < 4.78 is 82.9. The summed E-state index contributed by atoms with van der Waals surface area (Å²) in [6.45, 7) is 2.42. The topological polar surface area (TPSA) is 280 Å². The molecule has 0 saturated carbocycles. The first-order valence-electron chi connectivity index (χ1n) is 37.5. The first-order valence-corrected chi connectivity index (χ1v) is 37.9. The quantitative estimate of drug-likeness (QED) is 0.0439. The number of aromatic nitrogens is 13. The molecule has 0 aliphatic carbocycles. The molecule has 2 amide bonds. The number of fused-ring (bicyclic) bond motifs is 3. The molecule has 0 atom stereocenters. The Hall–Kier alpha value is -13.4. The van der Waals surface area contributed by atoms with E-state index in [0.717, 1.165) is 62.1 Å². The Morgan fingerprint density at radius 1 is 0.478 bits per heavy atom. The van der Waals surface area contributed by atoms with Gasteiger partial charge in [-0.25, -0.2) is 33.3 Å². The molecule has 0 bridgehead atoms. The van der Waals surface area contributed by atoms with E-state index < -0.39 is 11.7 Å². The number of halogens is 6. The van der Waals surface area contributed by atoms with Gasteiger partial charge in [-0.3, -0.25) is 34.5 Å². The molecule has 2 fully saturated rings. The molecular weight excluding hydrogens is 1500 g/mol. The van der Waals surface area contributed by atoms with Crippen molar-refractivity contribution in [2.45, 2.75) is 83.1 Å². The van der Waals surface area contributed by atoms with E-state index in [1.807, 2.05) is 121 Å². The lowest BCUT2D eigenvalue weighted by Crippen LogP contribution is -2.39. The van der Waals surface area contributed by atoms with E-state index in [0.29, 0.717) is 151 Å². The van der Waals surface area contributed by atoms with Gasteiger partial charge in [0.05, 0.1) is 49.6 Å². The van der Waals surface area contributed by atoms with Crippen molar-refractivity contribution in [2.24, 2.45) is 13.0 Å². The van der Waals surface area contributed by atoms with Gasteiger partial charge in [-0.05, 0) is 170 Å². The number of aryl methyl sites for hydroxylation is 3. The number of rotatable bonds is 18. The second-order valence-electron chi connectivity index (χ2n) is 28.4. The summed E-state index contributed by atoms with van der Waals surface area (Å²) in [4.78, 5) is 105. The molecule has 2 aliphatic rings. The number of amides is 2. The number of benzene rings is 8. The highest BCUT2D eigenvalue weighted by Crippen LogP contribution is 2.35. The van der Waals surface area contributed by atoms with E-state index >= 15 is 0 Å². The number of pyridine rings is 1. The van der Waals surface area contributed by atoms with Gasteiger partial charge in [-0.2, -0.15) is 27.2 Å². The Balaban J connectivity index is 0.000000137. The van der Waals surface area contributed by atoms with Crippen molar-refractivity contribution in [2.75, 3.05) is 26.2 Å². The van der Waals surface area contributed by atoms with E-state index in [9.17, 15) is 50.7 Å². The number of nitrogens with one attached hydrogen (secondary N) is 6. The van der Waals surface area contributed by atoms with Crippen molar-refractivity contribution in [1.82, 2.24) is 73.6 Å². The minimum Gasteiger partial charge on any atom is -0.445 e. The average Bonchev–Trinajstić information content (AvgIpc) is 1.63. The molecule has 115 heavy (non-hydrogen) atoms. The van der Waals surface area contributed by atoms with E-state index in [2.05, 4.69) is 45.2 Å². The number of imidazole rings is 3. The van der Waals surface area contributed by atoms with Crippen molar-refractivity contribution < 1.29 is 41.0 Å². The van der Waals surface area contributed by atoms with Crippen molar-refractivity contribution in [3.63, 3.8) is 0 Å². The van der Waals surface area contributed by atoms with E-state index in [-0.39, 0.29) is 77.1 Å². The zero-order chi connectivity index (χ0) is 79.9. The number of hydrogen-bond donors (Lipinski definition) is 6. The summed E-state index contributed by atoms with van der Waals surface area (Å²) in [6.07, 6.45) is 1.56. The molecule has 8 aromatic carbocycles. The second kappa shape index (κ2) is 33.9. The third-order valence-corrected chi connectivity index (χ3v) is 21.1. The summed E-state index contributed by atoms with van der Waals surface area (Å²) in [6, 6.07) is 59.9. The van der Waals surface area contributed by atoms with Crippen LogP contribution in [0.5, 0.6) is 0 Å². The van der Waals surface area contributed by atoms with Crippen LogP contribution in [0.1, 0.15) is 81.8 Å². The highest BCUT2D eigenvalue weighted by atomic mass is 35.5. The highest BCUT2D eigenvalue weighted by Gasteiger charge is 2.33. The summed E-state index contributed by atoms with van der Waals surface area (Å²) >= 11 is 6.33. The van der Waals surface area contributed by atoms with Crippen LogP contribution in [-0.2, 0) is 68.0 Å². The number of para-hydroxylation sites is 5. The Kier molecular flexibility index (Phi) is 22.7. The fourth-order valence-corrected chi connectivity index (χ4v) is 14.7. The molecule has 0 radical (unpaired) electrons. The van der Waals surface area contributed by atoms with Crippen molar-refractivity contribution >= 4 is 56.9 Å². The van der Waals surface area contributed by atoms with Crippen LogP contribution in [0.2, 0.25) is 5.02 Å². The molecule has 17 rings (SSSR count). The first-order chi connectivity index (χ1) is 55.7. The highest BCUT2D eigenvalue weighted by molar-refractivity contribution is 6.34. The lowest BCUT2D eigenvalue weighted by atomic mass is 9.89. The molecule has 0 spiro atoms. The Bertz CT molecular complexity index is 6140. The number of ether oxygens (including phenoxy) is 2. The number of carbonyl (C=O) groups is 2. The molecule has 586 valence electrons. The van der Waals surface area contributed by atoms with Crippen molar-refractivity contribution in [3.8, 4) is 40.4 Å². The van der Waals surface area contributed by atoms with Crippen LogP contribution < -0.4 is 22.2 Å².